The normalized spacial score (nSPS) is 21.6. The van der Waals surface area contributed by atoms with Gasteiger partial charge >= 0.3 is 0 Å². The average Bonchev–Trinajstić information content (AvgIpc) is 3.59. The lowest BCUT2D eigenvalue weighted by molar-refractivity contribution is -0.141. The van der Waals surface area contributed by atoms with Crippen LogP contribution in [0.25, 0.3) is 21.6 Å². The summed E-state index contributed by atoms with van der Waals surface area (Å²) in [4.78, 5) is 34.5. The molecular formula is C29H33N5O3S. The zero-order chi connectivity index (χ0) is 26.3. The van der Waals surface area contributed by atoms with Crippen LogP contribution in [0, 0.1) is 5.92 Å². The second-order valence-corrected chi connectivity index (χ2v) is 11.6. The molecule has 2 saturated heterocycles. The highest BCUT2D eigenvalue weighted by Gasteiger charge is 2.39. The van der Waals surface area contributed by atoms with Crippen molar-refractivity contribution < 1.29 is 9.90 Å². The van der Waals surface area contributed by atoms with E-state index in [-0.39, 0.29) is 29.8 Å². The third-order valence-corrected chi connectivity index (χ3v) is 9.18. The molecule has 3 aromatic heterocycles. The van der Waals surface area contributed by atoms with Crippen LogP contribution in [0.5, 0.6) is 0 Å². The molecule has 0 unspecified atom stereocenters. The van der Waals surface area contributed by atoms with Gasteiger partial charge in [0.1, 0.15) is 12.0 Å². The van der Waals surface area contributed by atoms with Crippen molar-refractivity contribution in [1.29, 1.82) is 0 Å². The van der Waals surface area contributed by atoms with Gasteiger partial charge in [-0.1, -0.05) is 36.4 Å². The molecule has 2 aliphatic rings. The predicted octanol–water partition coefficient (Wildman–Crippen LogP) is 3.21. The van der Waals surface area contributed by atoms with E-state index in [1.54, 1.807) is 11.3 Å². The lowest BCUT2D eigenvalue weighted by Gasteiger charge is -2.41. The van der Waals surface area contributed by atoms with E-state index in [4.69, 9.17) is 0 Å². The summed E-state index contributed by atoms with van der Waals surface area (Å²) >= 11 is 1.62. The molecule has 1 amide bonds. The lowest BCUT2D eigenvalue weighted by atomic mass is 9.80. The SMILES string of the molecule is Cn1c(-c2cccs2)cc2c(=O)n(CC3(O)CCN(C(=O)[C@@H]4CCNC[C@H]4c4ccccc4)CC3)cnc21. The number of benzene rings is 1. The molecule has 0 aliphatic carbocycles. The first kappa shape index (κ1) is 25.0. The van der Waals surface area contributed by atoms with Crippen molar-refractivity contribution in [2.24, 2.45) is 13.0 Å². The molecule has 4 aromatic rings. The molecule has 2 fully saturated rings. The minimum atomic E-state index is -1.06. The Morgan fingerprint density at radius 1 is 1.18 bits per heavy atom. The van der Waals surface area contributed by atoms with E-state index in [1.807, 2.05) is 58.3 Å². The van der Waals surface area contributed by atoms with Gasteiger partial charge in [0.05, 0.1) is 28.1 Å². The van der Waals surface area contributed by atoms with Gasteiger partial charge < -0.3 is 19.9 Å². The molecule has 0 radical (unpaired) electrons. The number of fused-ring (bicyclic) bond motifs is 1. The summed E-state index contributed by atoms with van der Waals surface area (Å²) in [6.45, 7) is 2.77. The highest BCUT2D eigenvalue weighted by molar-refractivity contribution is 7.13. The summed E-state index contributed by atoms with van der Waals surface area (Å²) in [5.41, 5.74) is 1.57. The number of amides is 1. The van der Waals surface area contributed by atoms with E-state index in [1.165, 1.54) is 16.5 Å². The monoisotopic (exact) mass is 531 g/mol. The molecule has 0 bridgehead atoms. The van der Waals surface area contributed by atoms with Crippen LogP contribution in [-0.4, -0.2) is 61.8 Å². The first-order chi connectivity index (χ1) is 18.4. The molecule has 2 aliphatic heterocycles. The van der Waals surface area contributed by atoms with Crippen molar-refractivity contribution in [3.05, 3.63) is 76.2 Å². The molecule has 8 nitrogen and oxygen atoms in total. The van der Waals surface area contributed by atoms with Gasteiger partial charge in [-0.15, -0.1) is 11.3 Å². The topological polar surface area (TPSA) is 92.4 Å². The molecule has 1 aromatic carbocycles. The Morgan fingerprint density at radius 3 is 2.71 bits per heavy atom. The van der Waals surface area contributed by atoms with E-state index in [0.29, 0.717) is 37.0 Å². The first-order valence-corrected chi connectivity index (χ1v) is 14.2. The molecule has 0 spiro atoms. The fraction of sp³-hybridized carbons (Fsp3) is 0.414. The Hall–Kier alpha value is -3.27. The smallest absolute Gasteiger partial charge is 0.262 e. The van der Waals surface area contributed by atoms with E-state index in [2.05, 4.69) is 22.4 Å². The summed E-state index contributed by atoms with van der Waals surface area (Å²) < 4.78 is 3.46. The number of nitrogens with zero attached hydrogens (tertiary/aromatic N) is 4. The Morgan fingerprint density at radius 2 is 1.97 bits per heavy atom. The Kier molecular flexibility index (Phi) is 6.67. The molecule has 0 saturated carbocycles. The average molecular weight is 532 g/mol. The number of thiophene rings is 1. The first-order valence-electron chi connectivity index (χ1n) is 13.3. The summed E-state index contributed by atoms with van der Waals surface area (Å²) in [5, 5.41) is 17.4. The molecule has 5 heterocycles. The van der Waals surface area contributed by atoms with Crippen LogP contribution in [0.2, 0.25) is 0 Å². The van der Waals surface area contributed by atoms with E-state index in [9.17, 15) is 14.7 Å². The third-order valence-electron chi connectivity index (χ3n) is 8.28. The van der Waals surface area contributed by atoms with Crippen molar-refractivity contribution in [1.82, 2.24) is 24.3 Å². The van der Waals surface area contributed by atoms with Crippen molar-refractivity contribution in [3.8, 4) is 10.6 Å². The van der Waals surface area contributed by atoms with Gasteiger partial charge in [-0.2, -0.15) is 0 Å². The molecule has 6 rings (SSSR count). The Bertz CT molecular complexity index is 1490. The van der Waals surface area contributed by atoms with Crippen LogP contribution in [0.3, 0.4) is 0 Å². The number of hydrogen-bond acceptors (Lipinski definition) is 6. The highest BCUT2D eigenvalue weighted by Crippen LogP contribution is 2.33. The summed E-state index contributed by atoms with van der Waals surface area (Å²) in [6, 6.07) is 16.2. The van der Waals surface area contributed by atoms with Gasteiger partial charge in [0, 0.05) is 38.5 Å². The summed E-state index contributed by atoms with van der Waals surface area (Å²) in [7, 11) is 1.92. The summed E-state index contributed by atoms with van der Waals surface area (Å²) in [6.07, 6.45) is 3.21. The zero-order valence-electron chi connectivity index (χ0n) is 21.5. The highest BCUT2D eigenvalue weighted by atomic mass is 32.1. The number of hydrogen-bond donors (Lipinski definition) is 2. The van der Waals surface area contributed by atoms with Gasteiger partial charge in [-0.05, 0) is 48.9 Å². The number of piperidine rings is 2. The van der Waals surface area contributed by atoms with Crippen LogP contribution in [0.4, 0.5) is 0 Å². The van der Waals surface area contributed by atoms with Crippen molar-refractivity contribution >= 4 is 28.3 Å². The number of rotatable bonds is 5. The number of carbonyl (C=O) groups is 1. The van der Waals surface area contributed by atoms with Gasteiger partial charge in [0.15, 0.2) is 0 Å². The minimum Gasteiger partial charge on any atom is -0.388 e. The number of likely N-dealkylation sites (tertiary alicyclic amines) is 1. The largest absolute Gasteiger partial charge is 0.388 e. The fourth-order valence-electron chi connectivity index (χ4n) is 6.07. The van der Waals surface area contributed by atoms with E-state index in [0.717, 1.165) is 30.1 Å². The zero-order valence-corrected chi connectivity index (χ0v) is 22.4. The quantitative estimate of drug-likeness (QED) is 0.413. The third kappa shape index (κ3) is 4.59. The van der Waals surface area contributed by atoms with Gasteiger partial charge in [-0.25, -0.2) is 4.98 Å². The van der Waals surface area contributed by atoms with Crippen molar-refractivity contribution in [2.45, 2.75) is 37.3 Å². The number of aryl methyl sites for hydroxylation is 1. The second-order valence-electron chi connectivity index (χ2n) is 10.6. The maximum atomic E-state index is 13.6. The number of aromatic nitrogens is 3. The second kappa shape index (κ2) is 10.1. The minimum absolute atomic E-state index is 0.0605. The number of nitrogens with one attached hydrogen (secondary N) is 1. The molecule has 2 N–H and O–H groups in total. The molecule has 2 atom stereocenters. The van der Waals surface area contributed by atoms with Crippen LogP contribution in [-0.2, 0) is 18.4 Å². The Balaban J connectivity index is 1.16. The predicted molar refractivity (Wildman–Crippen MR) is 149 cm³/mol. The van der Waals surface area contributed by atoms with E-state index < -0.39 is 5.60 Å². The molecule has 198 valence electrons. The van der Waals surface area contributed by atoms with Crippen molar-refractivity contribution in [3.63, 3.8) is 0 Å². The number of carbonyl (C=O) groups excluding carboxylic acids is 1. The maximum absolute atomic E-state index is 13.6. The summed E-state index contributed by atoms with van der Waals surface area (Å²) in [5.74, 6) is 0.266. The van der Waals surface area contributed by atoms with Gasteiger partial charge in [0.2, 0.25) is 5.91 Å². The maximum Gasteiger partial charge on any atom is 0.262 e. The van der Waals surface area contributed by atoms with Crippen LogP contribution in [0.15, 0.2) is 65.0 Å². The Labute approximate surface area is 225 Å². The molecular weight excluding hydrogens is 498 g/mol. The van der Waals surface area contributed by atoms with Crippen LogP contribution in [0.1, 0.15) is 30.7 Å². The molecule has 38 heavy (non-hydrogen) atoms. The lowest BCUT2D eigenvalue weighted by Crippen LogP contribution is -2.52. The van der Waals surface area contributed by atoms with Gasteiger partial charge in [0.25, 0.3) is 5.56 Å². The number of aliphatic hydroxyl groups is 1. The van der Waals surface area contributed by atoms with Crippen LogP contribution < -0.4 is 10.9 Å². The van der Waals surface area contributed by atoms with Gasteiger partial charge in [-0.3, -0.25) is 14.2 Å². The van der Waals surface area contributed by atoms with Crippen LogP contribution >= 0.6 is 11.3 Å². The molecule has 9 heteroatoms. The standard InChI is InChI=1S/C29H33N5O3S/c1-32-24(25-8-5-15-38-25)16-22-26(32)31-19-34(28(22)36)18-29(37)10-13-33(14-11-29)27(35)21-9-12-30-17-23(21)20-6-3-2-4-7-20/h2-8,15-16,19,21,23,30,37H,9-14,17-18H2,1H3/t21-,23+/m1/s1. The van der Waals surface area contributed by atoms with E-state index >= 15 is 0 Å². The fourth-order valence-corrected chi connectivity index (χ4v) is 6.85. The van der Waals surface area contributed by atoms with Crippen molar-refractivity contribution in [2.75, 3.05) is 26.2 Å².